The molecule has 3 heterocycles. The number of imidazole rings is 1. The summed E-state index contributed by atoms with van der Waals surface area (Å²) in [7, 11) is 1.99. The van der Waals surface area contributed by atoms with Gasteiger partial charge in [0.15, 0.2) is 0 Å². The topological polar surface area (TPSA) is 164 Å². The molecule has 1 N–H and O–H groups in total. The van der Waals surface area contributed by atoms with Crippen LogP contribution in [0.25, 0.3) is 11.0 Å². The van der Waals surface area contributed by atoms with Gasteiger partial charge in [-0.3, -0.25) is 29.7 Å². The van der Waals surface area contributed by atoms with Crippen LogP contribution in [0.4, 0.5) is 23.0 Å². The third kappa shape index (κ3) is 14.6. The number of anilines is 2. The Morgan fingerprint density at radius 2 is 1.27 bits per heavy atom. The van der Waals surface area contributed by atoms with Crippen LogP contribution in [-0.2, 0) is 40.3 Å². The smallest absolute Gasteiger partial charge is 0.276 e. The summed E-state index contributed by atoms with van der Waals surface area (Å²) in [4.78, 5) is 49.9. The van der Waals surface area contributed by atoms with E-state index < -0.39 is 4.92 Å². The number of nitrogens with zero attached hydrogens (tertiary/aromatic N) is 6. The van der Waals surface area contributed by atoms with Gasteiger partial charge < -0.3 is 19.4 Å². The minimum atomic E-state index is -0.448. The van der Waals surface area contributed by atoms with E-state index in [0.29, 0.717) is 46.4 Å². The highest BCUT2D eigenvalue weighted by Gasteiger charge is 2.17. The van der Waals surface area contributed by atoms with Crippen molar-refractivity contribution in [3.8, 4) is 23.0 Å². The lowest BCUT2D eigenvalue weighted by molar-refractivity contribution is -0.385. The second-order valence-electron chi connectivity index (χ2n) is 17.7. The number of Topliss-reactive ketones (excluding diaryl/α,β-unsaturated/α-hetero) is 2. The number of rotatable bonds is 12. The molecule has 7 aromatic rings. The van der Waals surface area contributed by atoms with E-state index in [2.05, 4.69) is 103 Å². The molecular weight excluding hydrogens is 851 g/mol. The molecule has 66 heavy (non-hydrogen) atoms. The highest BCUT2D eigenvalue weighted by molar-refractivity contribution is 7.78. The number of aliphatic imine (C=N–C) groups is 1. The zero-order valence-corrected chi connectivity index (χ0v) is 39.8. The summed E-state index contributed by atoms with van der Waals surface area (Å²) in [6.07, 6.45) is 3.71. The van der Waals surface area contributed by atoms with Crippen molar-refractivity contribution in [3.63, 3.8) is 0 Å². The number of nitro benzene ring substituents is 1. The van der Waals surface area contributed by atoms with E-state index >= 15 is 0 Å². The number of ketones is 2. The molecule has 0 saturated carbocycles. The molecule has 4 aromatic carbocycles. The summed E-state index contributed by atoms with van der Waals surface area (Å²) in [6, 6.07) is 33.8. The minimum Gasteiger partial charge on any atom is -0.457 e. The van der Waals surface area contributed by atoms with Gasteiger partial charge in [-0.05, 0) is 116 Å². The molecule has 0 aliphatic rings. The molecule has 0 atom stereocenters. The Bertz CT molecular complexity index is 2910. The van der Waals surface area contributed by atoms with Gasteiger partial charge in [0.05, 0.1) is 44.3 Å². The average molecular weight is 906 g/mol. The number of ether oxygens (including phenoxy) is 2. The van der Waals surface area contributed by atoms with Crippen molar-refractivity contribution in [2.75, 3.05) is 5.32 Å². The average Bonchev–Trinajstić information content (AvgIpc) is 3.54. The summed E-state index contributed by atoms with van der Waals surface area (Å²) in [5.74, 6) is 3.01. The Balaban J connectivity index is 0.000000206. The highest BCUT2D eigenvalue weighted by Crippen LogP contribution is 2.31. The van der Waals surface area contributed by atoms with Gasteiger partial charge in [0.2, 0.25) is 5.95 Å². The quantitative estimate of drug-likeness (QED) is 0.0537. The Labute approximate surface area is 391 Å². The number of pyridine rings is 2. The summed E-state index contributed by atoms with van der Waals surface area (Å²) < 4.78 is 13.6. The second kappa shape index (κ2) is 22.0. The van der Waals surface area contributed by atoms with Gasteiger partial charge in [0, 0.05) is 61.7 Å². The molecule has 13 nitrogen and oxygen atoms in total. The zero-order chi connectivity index (χ0) is 48.2. The Morgan fingerprint density at radius 3 is 1.82 bits per heavy atom. The van der Waals surface area contributed by atoms with Gasteiger partial charge in [0.1, 0.15) is 34.6 Å². The van der Waals surface area contributed by atoms with Crippen molar-refractivity contribution in [1.82, 2.24) is 19.5 Å². The monoisotopic (exact) mass is 905 g/mol. The summed E-state index contributed by atoms with van der Waals surface area (Å²) >= 11 is 4.55. The number of aryl methyl sites for hydroxylation is 2. The lowest BCUT2D eigenvalue weighted by Crippen LogP contribution is -2.11. The van der Waals surface area contributed by atoms with Gasteiger partial charge in [-0.25, -0.2) is 4.98 Å². The number of carbonyl (C=O) groups excluding carboxylic acids is 2. The minimum absolute atomic E-state index is 0.00511. The maximum Gasteiger partial charge on any atom is 0.276 e. The molecule has 0 saturated heterocycles. The van der Waals surface area contributed by atoms with Crippen molar-refractivity contribution in [1.29, 1.82) is 0 Å². The van der Waals surface area contributed by atoms with Gasteiger partial charge in [-0.15, -0.1) is 0 Å². The SMILES string of the molecule is CC(=O)Cc1cc(Oc2ccc(C)c([N+](=O)[O-])c2)ccn1.CC(=O)Cc1cc(Oc2ccc3c(c2)nc(Nc2cccc(C(C)(C)C)c2)n3C)ccn1.CC(C)(C)c1cccc(N=C=S)c1. The van der Waals surface area contributed by atoms with Gasteiger partial charge in [-0.2, -0.15) is 4.99 Å². The maximum atomic E-state index is 11.4. The number of isothiocyanates is 1. The fraction of sp³-hybridized carbons (Fsp3) is 0.269. The zero-order valence-electron chi connectivity index (χ0n) is 39.0. The number of hydrogen-bond acceptors (Lipinski definition) is 12. The van der Waals surface area contributed by atoms with E-state index in [-0.39, 0.29) is 34.5 Å². The molecule has 0 unspecified atom stereocenters. The van der Waals surface area contributed by atoms with Crippen LogP contribution in [0.1, 0.15) is 83.5 Å². The predicted molar refractivity (Wildman–Crippen MR) is 264 cm³/mol. The number of thiocarbonyl (C=S) groups is 1. The first kappa shape index (κ1) is 49.6. The van der Waals surface area contributed by atoms with Gasteiger partial charge >= 0.3 is 0 Å². The fourth-order valence-corrected chi connectivity index (χ4v) is 6.61. The Kier molecular flexibility index (Phi) is 16.5. The maximum absolute atomic E-state index is 11.4. The number of nitrogens with one attached hydrogen (secondary N) is 1. The number of aromatic nitrogens is 4. The van der Waals surface area contributed by atoms with Crippen molar-refractivity contribution < 1.29 is 24.0 Å². The van der Waals surface area contributed by atoms with Crippen LogP contribution in [-0.4, -0.2) is 41.2 Å². The molecule has 0 aliphatic carbocycles. The third-order valence-electron chi connectivity index (χ3n) is 10.0. The van der Waals surface area contributed by atoms with Crippen molar-refractivity contribution >= 4 is 63.0 Å². The van der Waals surface area contributed by atoms with E-state index in [0.717, 1.165) is 28.4 Å². The number of nitro groups is 1. The normalized spacial score (nSPS) is 10.9. The number of benzene rings is 4. The number of fused-ring (bicyclic) bond motifs is 1. The largest absolute Gasteiger partial charge is 0.457 e. The van der Waals surface area contributed by atoms with Crippen LogP contribution in [0.15, 0.2) is 127 Å². The summed E-state index contributed by atoms with van der Waals surface area (Å²) in [5, 5.41) is 16.7. The first-order valence-electron chi connectivity index (χ1n) is 21.2. The molecule has 340 valence electrons. The molecule has 7 rings (SSSR count). The first-order chi connectivity index (χ1) is 31.2. The lowest BCUT2D eigenvalue weighted by Gasteiger charge is -2.20. The molecular formula is C52H55N7O6S. The molecule has 14 heteroatoms. The number of hydrogen-bond donors (Lipinski definition) is 1. The molecule has 0 aliphatic heterocycles. The van der Waals surface area contributed by atoms with E-state index in [1.807, 2.05) is 54.1 Å². The first-order valence-corrected chi connectivity index (χ1v) is 21.6. The van der Waals surface area contributed by atoms with Crippen molar-refractivity contribution in [3.05, 3.63) is 160 Å². The van der Waals surface area contributed by atoms with E-state index in [1.54, 1.807) is 56.4 Å². The highest BCUT2D eigenvalue weighted by atomic mass is 32.1. The third-order valence-corrected chi connectivity index (χ3v) is 10.1. The molecule has 0 fully saturated rings. The summed E-state index contributed by atoms with van der Waals surface area (Å²) in [5.41, 5.74) is 8.34. The molecule has 0 bridgehead atoms. The standard InChI is InChI=1S/C26H28N4O2.C15H14N2O4.C11H13NS/c1-17(31)13-20-15-22(11-12-27-20)32-21-9-10-24-23(16-21)29-25(30(24)5)28-19-8-6-7-18(14-19)26(2,3)4;1-10-3-4-13(9-15(10)17(19)20)21-14-5-6-16-12(8-14)7-11(2)18;1-11(2,3)9-5-4-6-10(7-9)12-8-13/h6-12,14-16H,13H2,1-5H3,(H,28,29);3-6,8-9H,7H2,1-2H3;4-7H,1-3H3. The van der Waals surface area contributed by atoms with Crippen LogP contribution in [0, 0.1) is 17.0 Å². The molecule has 0 spiro atoms. The Morgan fingerprint density at radius 1 is 0.742 bits per heavy atom. The van der Waals surface area contributed by atoms with Crippen LogP contribution in [0.5, 0.6) is 23.0 Å². The van der Waals surface area contributed by atoms with Gasteiger partial charge in [-0.1, -0.05) is 65.8 Å². The van der Waals surface area contributed by atoms with Crippen LogP contribution >= 0.6 is 12.2 Å². The fourth-order valence-electron chi connectivity index (χ4n) is 6.51. The Hall–Kier alpha value is -7.41. The summed E-state index contributed by atoms with van der Waals surface area (Å²) in [6.45, 7) is 17.8. The predicted octanol–water partition coefficient (Wildman–Crippen LogP) is 12.9. The van der Waals surface area contributed by atoms with Crippen molar-refractivity contribution in [2.45, 2.75) is 86.0 Å². The molecule has 3 aromatic heterocycles. The van der Waals surface area contributed by atoms with Crippen molar-refractivity contribution in [2.24, 2.45) is 12.0 Å². The van der Waals surface area contributed by atoms with Crippen LogP contribution < -0.4 is 14.8 Å². The van der Waals surface area contributed by atoms with Crippen LogP contribution in [0.2, 0.25) is 0 Å². The molecule has 0 amide bonds. The molecule has 0 radical (unpaired) electrons. The number of carbonyl (C=O) groups is 2. The lowest BCUT2D eigenvalue weighted by atomic mass is 9.87. The van der Waals surface area contributed by atoms with E-state index in [9.17, 15) is 19.7 Å². The van der Waals surface area contributed by atoms with Gasteiger partial charge in [0.25, 0.3) is 5.69 Å². The van der Waals surface area contributed by atoms with E-state index in [4.69, 9.17) is 14.5 Å². The van der Waals surface area contributed by atoms with Crippen LogP contribution in [0.3, 0.4) is 0 Å². The second-order valence-corrected chi connectivity index (χ2v) is 17.9. The van der Waals surface area contributed by atoms with E-state index in [1.165, 1.54) is 30.3 Å².